The summed E-state index contributed by atoms with van der Waals surface area (Å²) in [4.78, 5) is 35.2. The topological polar surface area (TPSA) is 55.2 Å². The molecule has 0 aliphatic carbocycles. The third kappa shape index (κ3) is 5.70. The molecule has 6 heteroatoms. The van der Waals surface area contributed by atoms with E-state index in [0.717, 1.165) is 41.8 Å². The molecular formula is C29H33N3O2S. The molecule has 1 amide bonds. The van der Waals surface area contributed by atoms with E-state index in [-0.39, 0.29) is 17.5 Å². The highest BCUT2D eigenvalue weighted by molar-refractivity contribution is 7.10. The second-order valence-corrected chi connectivity index (χ2v) is 10.1. The van der Waals surface area contributed by atoms with Crippen LogP contribution in [0.2, 0.25) is 0 Å². The third-order valence-corrected chi connectivity index (χ3v) is 7.29. The molecule has 2 aromatic heterocycles. The Morgan fingerprint density at radius 2 is 1.80 bits per heavy atom. The van der Waals surface area contributed by atoms with E-state index in [1.165, 1.54) is 0 Å². The van der Waals surface area contributed by atoms with Gasteiger partial charge in [-0.25, -0.2) is 4.98 Å². The first-order chi connectivity index (χ1) is 17.0. The largest absolute Gasteiger partial charge is 0.332 e. The SMILES string of the molecule is CCCCCCN(C(=O)Cc1cccs1)C(C)c1nc2ccccc2c(=O)n1-c1ccc(C)cc1. The lowest BCUT2D eigenvalue weighted by molar-refractivity contribution is -0.132. The van der Waals surface area contributed by atoms with Crippen LogP contribution in [0.25, 0.3) is 16.6 Å². The van der Waals surface area contributed by atoms with E-state index < -0.39 is 0 Å². The molecule has 0 aliphatic rings. The third-order valence-electron chi connectivity index (χ3n) is 6.41. The first kappa shape index (κ1) is 24.9. The molecule has 0 bridgehead atoms. The predicted molar refractivity (Wildman–Crippen MR) is 144 cm³/mol. The van der Waals surface area contributed by atoms with Gasteiger partial charge in [0.1, 0.15) is 5.82 Å². The highest BCUT2D eigenvalue weighted by Gasteiger charge is 2.27. The van der Waals surface area contributed by atoms with Crippen LogP contribution in [0.1, 0.15) is 61.8 Å². The number of nitrogens with zero attached hydrogens (tertiary/aromatic N) is 3. The minimum absolute atomic E-state index is 0.0642. The number of thiophene rings is 1. The van der Waals surface area contributed by atoms with Crippen molar-refractivity contribution in [2.75, 3.05) is 6.54 Å². The van der Waals surface area contributed by atoms with Crippen molar-refractivity contribution in [3.63, 3.8) is 0 Å². The first-order valence-electron chi connectivity index (χ1n) is 12.4. The summed E-state index contributed by atoms with van der Waals surface area (Å²) in [5, 5.41) is 2.57. The summed E-state index contributed by atoms with van der Waals surface area (Å²) in [6, 6.07) is 18.9. The second-order valence-electron chi connectivity index (χ2n) is 9.04. The molecule has 2 heterocycles. The summed E-state index contributed by atoms with van der Waals surface area (Å²) >= 11 is 1.60. The van der Waals surface area contributed by atoms with Crippen molar-refractivity contribution in [1.29, 1.82) is 0 Å². The fourth-order valence-corrected chi connectivity index (χ4v) is 5.12. The number of benzene rings is 2. The Labute approximate surface area is 211 Å². The Balaban J connectivity index is 1.79. The lowest BCUT2D eigenvalue weighted by Gasteiger charge is -2.31. The van der Waals surface area contributed by atoms with Crippen LogP contribution in [0.5, 0.6) is 0 Å². The zero-order chi connectivity index (χ0) is 24.8. The second kappa shape index (κ2) is 11.5. The van der Waals surface area contributed by atoms with Crippen LogP contribution in [0.4, 0.5) is 0 Å². The van der Waals surface area contributed by atoms with E-state index >= 15 is 0 Å². The van der Waals surface area contributed by atoms with Crippen molar-refractivity contribution >= 4 is 28.1 Å². The van der Waals surface area contributed by atoms with E-state index in [0.29, 0.717) is 29.7 Å². The maximum atomic E-state index is 13.7. The van der Waals surface area contributed by atoms with Crippen molar-refractivity contribution in [1.82, 2.24) is 14.5 Å². The number of hydrogen-bond acceptors (Lipinski definition) is 4. The normalized spacial score (nSPS) is 12.1. The standard InChI is InChI=1S/C29H33N3O2S/c1-4-5-6-9-18-31(27(33)20-24-11-10-19-35-24)22(3)28-30-26-13-8-7-12-25(26)29(34)32(28)23-16-14-21(2)15-17-23/h7-8,10-17,19,22H,4-6,9,18,20H2,1-3H3. The quantitative estimate of drug-likeness (QED) is 0.241. The molecule has 0 N–H and O–H groups in total. The van der Waals surface area contributed by atoms with Gasteiger partial charge < -0.3 is 4.90 Å². The van der Waals surface area contributed by atoms with Gasteiger partial charge in [0.05, 0.1) is 29.1 Å². The maximum Gasteiger partial charge on any atom is 0.266 e. The molecule has 4 aromatic rings. The lowest BCUT2D eigenvalue weighted by Crippen LogP contribution is -2.38. The van der Waals surface area contributed by atoms with Gasteiger partial charge in [-0.15, -0.1) is 11.3 Å². The molecular weight excluding hydrogens is 454 g/mol. The van der Waals surface area contributed by atoms with Crippen LogP contribution >= 0.6 is 11.3 Å². The molecule has 2 aromatic carbocycles. The monoisotopic (exact) mass is 487 g/mol. The Morgan fingerprint density at radius 3 is 2.51 bits per heavy atom. The van der Waals surface area contributed by atoms with Gasteiger partial charge in [-0.3, -0.25) is 14.2 Å². The molecule has 0 fully saturated rings. The number of rotatable bonds is 10. The highest BCUT2D eigenvalue weighted by Crippen LogP contribution is 2.25. The van der Waals surface area contributed by atoms with E-state index in [1.807, 2.05) is 84.8 Å². The van der Waals surface area contributed by atoms with Crippen LogP contribution in [-0.2, 0) is 11.2 Å². The van der Waals surface area contributed by atoms with Crippen molar-refractivity contribution < 1.29 is 4.79 Å². The van der Waals surface area contributed by atoms with Gasteiger partial charge in [0, 0.05) is 11.4 Å². The summed E-state index contributed by atoms with van der Waals surface area (Å²) in [6.07, 6.45) is 4.64. The summed E-state index contributed by atoms with van der Waals surface area (Å²) in [6.45, 7) is 6.84. The molecule has 1 unspecified atom stereocenters. The number of fused-ring (bicyclic) bond motifs is 1. The number of para-hydroxylation sites is 1. The maximum absolute atomic E-state index is 13.7. The van der Waals surface area contributed by atoms with Crippen molar-refractivity contribution in [3.8, 4) is 5.69 Å². The van der Waals surface area contributed by atoms with Crippen LogP contribution in [0, 0.1) is 6.92 Å². The minimum Gasteiger partial charge on any atom is -0.332 e. The smallest absolute Gasteiger partial charge is 0.266 e. The fraction of sp³-hybridized carbons (Fsp3) is 0.345. The zero-order valence-corrected chi connectivity index (χ0v) is 21.6. The average Bonchev–Trinajstić information content (AvgIpc) is 3.37. The molecule has 35 heavy (non-hydrogen) atoms. The number of carbonyl (C=O) groups excluding carboxylic acids is 1. The first-order valence-corrected chi connectivity index (χ1v) is 13.3. The molecule has 1 atom stereocenters. The van der Waals surface area contributed by atoms with Crippen molar-refractivity contribution in [3.05, 3.63) is 92.7 Å². The highest BCUT2D eigenvalue weighted by atomic mass is 32.1. The number of hydrogen-bond donors (Lipinski definition) is 0. The molecule has 5 nitrogen and oxygen atoms in total. The summed E-state index contributed by atoms with van der Waals surface area (Å²) in [7, 11) is 0. The Morgan fingerprint density at radius 1 is 1.03 bits per heavy atom. The van der Waals surface area contributed by atoms with E-state index in [4.69, 9.17) is 4.98 Å². The zero-order valence-electron chi connectivity index (χ0n) is 20.7. The van der Waals surface area contributed by atoms with Crippen LogP contribution in [-0.4, -0.2) is 26.9 Å². The van der Waals surface area contributed by atoms with Crippen LogP contribution in [0.3, 0.4) is 0 Å². The summed E-state index contributed by atoms with van der Waals surface area (Å²) < 4.78 is 1.68. The van der Waals surface area contributed by atoms with Gasteiger partial charge in [0.15, 0.2) is 0 Å². The average molecular weight is 488 g/mol. The summed E-state index contributed by atoms with van der Waals surface area (Å²) in [5.41, 5.74) is 2.42. The molecule has 0 spiro atoms. The number of aromatic nitrogens is 2. The predicted octanol–water partition coefficient (Wildman–Crippen LogP) is 6.47. The van der Waals surface area contributed by atoms with Crippen LogP contribution in [0.15, 0.2) is 70.8 Å². The Hall–Kier alpha value is -3.25. The van der Waals surface area contributed by atoms with Gasteiger partial charge in [-0.05, 0) is 56.0 Å². The van der Waals surface area contributed by atoms with Gasteiger partial charge in [0.25, 0.3) is 5.56 Å². The molecule has 182 valence electrons. The van der Waals surface area contributed by atoms with Crippen molar-refractivity contribution in [2.24, 2.45) is 0 Å². The Bertz CT molecular complexity index is 1330. The van der Waals surface area contributed by atoms with E-state index in [9.17, 15) is 9.59 Å². The fourth-order valence-electron chi connectivity index (χ4n) is 4.42. The van der Waals surface area contributed by atoms with Crippen molar-refractivity contribution in [2.45, 2.75) is 58.9 Å². The van der Waals surface area contributed by atoms with E-state index in [1.54, 1.807) is 15.9 Å². The molecule has 0 radical (unpaired) electrons. The van der Waals surface area contributed by atoms with Gasteiger partial charge in [-0.2, -0.15) is 0 Å². The van der Waals surface area contributed by atoms with Crippen LogP contribution < -0.4 is 5.56 Å². The number of unbranched alkanes of at least 4 members (excludes halogenated alkanes) is 3. The number of carbonyl (C=O) groups is 1. The van der Waals surface area contributed by atoms with Gasteiger partial charge >= 0.3 is 0 Å². The molecule has 0 aliphatic heterocycles. The minimum atomic E-state index is -0.359. The van der Waals surface area contributed by atoms with Gasteiger partial charge in [-0.1, -0.05) is 62.1 Å². The number of aryl methyl sites for hydroxylation is 1. The van der Waals surface area contributed by atoms with E-state index in [2.05, 4.69) is 6.92 Å². The van der Waals surface area contributed by atoms with Gasteiger partial charge in [0.2, 0.25) is 5.91 Å². The summed E-state index contributed by atoms with van der Waals surface area (Å²) in [5.74, 6) is 0.655. The number of amides is 1. The molecule has 0 saturated heterocycles. The lowest BCUT2D eigenvalue weighted by atomic mass is 10.1. The molecule has 4 rings (SSSR count). The Kier molecular flexibility index (Phi) is 8.13. The molecule has 0 saturated carbocycles.